The minimum atomic E-state index is -0.0807. The molecule has 1 fully saturated rings. The number of benzene rings is 1. The fourth-order valence-electron chi connectivity index (χ4n) is 1.49. The van der Waals surface area contributed by atoms with Crippen molar-refractivity contribution in [2.45, 2.75) is 13.0 Å². The first-order valence-electron chi connectivity index (χ1n) is 4.78. The second-order valence-electron chi connectivity index (χ2n) is 3.46. The second-order valence-corrected chi connectivity index (χ2v) is 3.46. The van der Waals surface area contributed by atoms with Gasteiger partial charge in [-0.3, -0.25) is 4.79 Å². The maximum absolute atomic E-state index is 10.9. The summed E-state index contributed by atoms with van der Waals surface area (Å²) in [4.78, 5) is 10.9. The average Bonchev–Trinajstić information content (AvgIpc) is 3.00. The van der Waals surface area contributed by atoms with Gasteiger partial charge in [-0.2, -0.15) is 0 Å². The number of hydrogen-bond donors (Lipinski definition) is 1. The number of carbonyl (C=O) groups excluding carboxylic acids is 1. The Kier molecular flexibility index (Phi) is 2.60. The summed E-state index contributed by atoms with van der Waals surface area (Å²) in [5.74, 6) is 0.717. The lowest BCUT2D eigenvalue weighted by molar-refractivity contribution is -0.114. The summed E-state index contributed by atoms with van der Waals surface area (Å²) in [5.41, 5.74) is 1.76. The third-order valence-corrected chi connectivity index (χ3v) is 2.23. The van der Waals surface area contributed by atoms with E-state index >= 15 is 0 Å². The van der Waals surface area contributed by atoms with Crippen LogP contribution in [0, 0.1) is 0 Å². The zero-order valence-electron chi connectivity index (χ0n) is 8.74. The summed E-state index contributed by atoms with van der Waals surface area (Å²) in [6, 6.07) is 5.53. The Labute approximate surface area is 88.2 Å². The van der Waals surface area contributed by atoms with Crippen LogP contribution in [0.5, 0.6) is 5.75 Å². The predicted molar refractivity (Wildman–Crippen MR) is 56.0 cm³/mol. The quantitative estimate of drug-likeness (QED) is 0.768. The molecule has 4 nitrogen and oxygen atoms in total. The molecule has 2 rings (SSSR count). The monoisotopic (exact) mass is 207 g/mol. The highest BCUT2D eigenvalue weighted by Gasteiger charge is 2.28. The van der Waals surface area contributed by atoms with Crippen molar-refractivity contribution in [3.05, 3.63) is 23.8 Å². The van der Waals surface area contributed by atoms with E-state index in [1.807, 2.05) is 18.2 Å². The molecule has 1 amide bonds. The Morgan fingerprint density at radius 1 is 1.60 bits per heavy atom. The number of anilines is 1. The van der Waals surface area contributed by atoms with Crippen molar-refractivity contribution in [1.82, 2.24) is 0 Å². The molecule has 1 unspecified atom stereocenters. The van der Waals surface area contributed by atoms with E-state index in [1.54, 1.807) is 7.11 Å². The number of methoxy groups -OCH3 is 1. The standard InChI is InChI=1S/C11H13NO3/c1-7(13)12-8-3-4-10(14-2)9(5-8)11-6-15-11/h3-5,11H,6H2,1-2H3,(H,12,13). The van der Waals surface area contributed by atoms with Gasteiger partial charge in [-0.1, -0.05) is 0 Å². The van der Waals surface area contributed by atoms with Crippen LogP contribution >= 0.6 is 0 Å². The van der Waals surface area contributed by atoms with Gasteiger partial charge in [-0.25, -0.2) is 0 Å². The highest BCUT2D eigenvalue weighted by molar-refractivity contribution is 5.88. The third kappa shape index (κ3) is 2.27. The van der Waals surface area contributed by atoms with Crippen molar-refractivity contribution in [1.29, 1.82) is 0 Å². The van der Waals surface area contributed by atoms with E-state index in [2.05, 4.69) is 5.32 Å². The first-order valence-corrected chi connectivity index (χ1v) is 4.78. The third-order valence-electron chi connectivity index (χ3n) is 2.23. The maximum atomic E-state index is 10.9. The van der Waals surface area contributed by atoms with Gasteiger partial charge in [0, 0.05) is 18.2 Å². The molecule has 1 saturated heterocycles. The topological polar surface area (TPSA) is 50.9 Å². The van der Waals surface area contributed by atoms with Gasteiger partial charge in [0.25, 0.3) is 0 Å². The molecule has 4 heteroatoms. The molecule has 0 bridgehead atoms. The number of carbonyl (C=O) groups is 1. The highest BCUT2D eigenvalue weighted by atomic mass is 16.6. The molecule has 1 aromatic carbocycles. The largest absolute Gasteiger partial charge is 0.496 e. The van der Waals surface area contributed by atoms with Gasteiger partial charge < -0.3 is 14.8 Å². The zero-order chi connectivity index (χ0) is 10.8. The minimum Gasteiger partial charge on any atom is -0.496 e. The summed E-state index contributed by atoms with van der Waals surface area (Å²) in [6.07, 6.45) is 0.119. The smallest absolute Gasteiger partial charge is 0.221 e. The minimum absolute atomic E-state index is 0.0807. The first-order chi connectivity index (χ1) is 7.20. The number of epoxide rings is 1. The van der Waals surface area contributed by atoms with Gasteiger partial charge in [-0.05, 0) is 18.2 Å². The van der Waals surface area contributed by atoms with Crippen molar-refractivity contribution in [3.63, 3.8) is 0 Å². The van der Waals surface area contributed by atoms with Gasteiger partial charge in [0.15, 0.2) is 0 Å². The van der Waals surface area contributed by atoms with Crippen LogP contribution in [0.15, 0.2) is 18.2 Å². The fraction of sp³-hybridized carbons (Fsp3) is 0.364. The molecule has 0 saturated carbocycles. The van der Waals surface area contributed by atoms with Crippen LogP contribution in [0.3, 0.4) is 0 Å². The van der Waals surface area contributed by atoms with E-state index < -0.39 is 0 Å². The molecule has 0 aromatic heterocycles. The van der Waals surface area contributed by atoms with E-state index in [0.29, 0.717) is 0 Å². The Balaban J connectivity index is 2.27. The molecule has 1 aliphatic heterocycles. The maximum Gasteiger partial charge on any atom is 0.221 e. The molecular formula is C11H13NO3. The van der Waals surface area contributed by atoms with Crippen LogP contribution < -0.4 is 10.1 Å². The number of ether oxygens (including phenoxy) is 2. The number of amides is 1. The van der Waals surface area contributed by atoms with Crippen LogP contribution in [0.1, 0.15) is 18.6 Å². The first kappa shape index (κ1) is 9.98. The van der Waals surface area contributed by atoms with E-state index in [1.165, 1.54) is 6.92 Å². The van der Waals surface area contributed by atoms with E-state index in [-0.39, 0.29) is 12.0 Å². The van der Waals surface area contributed by atoms with Crippen molar-refractivity contribution in [2.75, 3.05) is 19.0 Å². The summed E-state index contributed by atoms with van der Waals surface area (Å²) in [6.45, 7) is 2.21. The summed E-state index contributed by atoms with van der Waals surface area (Å²) in [7, 11) is 1.62. The van der Waals surface area contributed by atoms with Crippen LogP contribution in [-0.2, 0) is 9.53 Å². The molecule has 1 heterocycles. The van der Waals surface area contributed by atoms with Crippen LogP contribution in [0.2, 0.25) is 0 Å². The number of rotatable bonds is 3. The van der Waals surface area contributed by atoms with Crippen molar-refractivity contribution in [2.24, 2.45) is 0 Å². The van der Waals surface area contributed by atoms with Gasteiger partial charge in [0.2, 0.25) is 5.91 Å². The highest BCUT2D eigenvalue weighted by Crippen LogP contribution is 2.37. The summed E-state index contributed by atoms with van der Waals surface area (Å²) < 4.78 is 10.4. The van der Waals surface area contributed by atoms with Crippen LogP contribution in [0.4, 0.5) is 5.69 Å². The molecule has 0 radical (unpaired) electrons. The van der Waals surface area contributed by atoms with Crippen molar-refractivity contribution < 1.29 is 14.3 Å². The molecule has 0 aliphatic carbocycles. The Morgan fingerprint density at radius 3 is 2.87 bits per heavy atom. The van der Waals surface area contributed by atoms with Gasteiger partial charge in [0.05, 0.1) is 13.7 Å². The van der Waals surface area contributed by atoms with Crippen LogP contribution in [0.25, 0.3) is 0 Å². The van der Waals surface area contributed by atoms with E-state index in [4.69, 9.17) is 9.47 Å². The zero-order valence-corrected chi connectivity index (χ0v) is 8.74. The number of hydrogen-bond acceptors (Lipinski definition) is 3. The Hall–Kier alpha value is -1.55. The van der Waals surface area contributed by atoms with E-state index in [0.717, 1.165) is 23.6 Å². The van der Waals surface area contributed by atoms with Crippen molar-refractivity contribution in [3.8, 4) is 5.75 Å². The van der Waals surface area contributed by atoms with E-state index in [9.17, 15) is 4.79 Å². The molecule has 1 N–H and O–H groups in total. The normalized spacial score (nSPS) is 18.4. The van der Waals surface area contributed by atoms with Gasteiger partial charge in [0.1, 0.15) is 11.9 Å². The molecule has 1 aliphatic rings. The molecule has 80 valence electrons. The Bertz CT molecular complexity index is 385. The molecular weight excluding hydrogens is 194 g/mol. The average molecular weight is 207 g/mol. The fourth-order valence-corrected chi connectivity index (χ4v) is 1.49. The molecule has 0 spiro atoms. The predicted octanol–water partition coefficient (Wildman–Crippen LogP) is 1.72. The SMILES string of the molecule is COc1ccc(NC(C)=O)cc1C1CO1. The molecule has 15 heavy (non-hydrogen) atoms. The number of nitrogens with one attached hydrogen (secondary N) is 1. The Morgan fingerprint density at radius 2 is 2.33 bits per heavy atom. The molecule has 1 atom stereocenters. The van der Waals surface area contributed by atoms with Crippen molar-refractivity contribution >= 4 is 11.6 Å². The lowest BCUT2D eigenvalue weighted by atomic mass is 10.1. The van der Waals surface area contributed by atoms with Crippen LogP contribution in [-0.4, -0.2) is 19.6 Å². The lowest BCUT2D eigenvalue weighted by Crippen LogP contribution is -2.06. The molecule has 1 aromatic rings. The second kappa shape index (κ2) is 3.90. The summed E-state index contributed by atoms with van der Waals surface area (Å²) in [5, 5.41) is 2.73. The van der Waals surface area contributed by atoms with Gasteiger partial charge >= 0.3 is 0 Å². The van der Waals surface area contributed by atoms with Gasteiger partial charge in [-0.15, -0.1) is 0 Å². The summed E-state index contributed by atoms with van der Waals surface area (Å²) >= 11 is 0. The lowest BCUT2D eigenvalue weighted by Gasteiger charge is -2.09.